The number of aromatic nitrogens is 4. The van der Waals surface area contributed by atoms with Gasteiger partial charge in [0, 0.05) is 29.8 Å². The van der Waals surface area contributed by atoms with Gasteiger partial charge >= 0.3 is 0 Å². The molecule has 1 aliphatic rings. The van der Waals surface area contributed by atoms with Gasteiger partial charge in [-0.1, -0.05) is 20.8 Å². The number of H-pyrrole nitrogens is 3. The highest BCUT2D eigenvalue weighted by Gasteiger charge is 2.27. The second-order valence-electron chi connectivity index (χ2n) is 8.92. The average Bonchev–Trinajstić information content (AvgIpc) is 3.24. The van der Waals surface area contributed by atoms with Gasteiger partial charge in [0.15, 0.2) is 0 Å². The van der Waals surface area contributed by atoms with Crippen LogP contribution in [0.2, 0.25) is 0 Å². The lowest BCUT2D eigenvalue weighted by atomic mass is 9.96. The molecule has 10 heteroatoms. The maximum atomic E-state index is 14.0. The first kappa shape index (κ1) is 24.7. The summed E-state index contributed by atoms with van der Waals surface area (Å²) in [7, 11) is 0. The predicted molar refractivity (Wildman–Crippen MR) is 129 cm³/mol. The largest absolute Gasteiger partial charge is 0.378 e. The molecule has 2 unspecified atom stereocenters. The smallest absolute Gasteiger partial charge is 0.272 e. The van der Waals surface area contributed by atoms with Crippen LogP contribution in [0.5, 0.6) is 0 Å². The number of nitrogens with one attached hydrogen (secondary N) is 4. The molecule has 3 heterocycles. The number of hydrogen-bond acceptors (Lipinski definition) is 5. The summed E-state index contributed by atoms with van der Waals surface area (Å²) in [5.74, 6) is -0.403. The van der Waals surface area contributed by atoms with Crippen molar-refractivity contribution < 1.29 is 13.5 Å². The van der Waals surface area contributed by atoms with E-state index in [-0.39, 0.29) is 34.1 Å². The number of hydrogen-bond donors (Lipinski definition) is 4. The van der Waals surface area contributed by atoms with Gasteiger partial charge in [-0.25, -0.2) is 13.8 Å². The molecule has 4 rings (SSSR count). The van der Waals surface area contributed by atoms with Gasteiger partial charge in [-0.3, -0.25) is 9.59 Å². The molecular weight excluding hydrogens is 456 g/mol. The van der Waals surface area contributed by atoms with Crippen LogP contribution in [0.15, 0.2) is 27.8 Å². The Balaban J connectivity index is 1.77. The number of imidazole rings is 1. The Morgan fingerprint density at radius 3 is 2.46 bits per heavy atom. The molecule has 1 aliphatic heterocycles. The molecule has 3 aromatic rings. The molecule has 35 heavy (non-hydrogen) atoms. The van der Waals surface area contributed by atoms with E-state index in [0.717, 1.165) is 48.8 Å². The molecule has 8 nitrogen and oxygen atoms in total. The maximum absolute atomic E-state index is 14.0. The minimum Gasteiger partial charge on any atom is -0.378 e. The van der Waals surface area contributed by atoms with Gasteiger partial charge < -0.3 is 25.0 Å². The third-order valence-corrected chi connectivity index (χ3v) is 6.11. The summed E-state index contributed by atoms with van der Waals surface area (Å²) in [6, 6.07) is 3.00. The zero-order valence-corrected chi connectivity index (χ0v) is 19.9. The SMILES string of the molecule is CCC(c1nc(/C=c2\[nH]c(=O)/c(=C/c3cc(F)ccc3F)[nH]c2=O)c(C(C)C)[nH]1)C1COCCN1. The molecule has 0 bridgehead atoms. The average molecular weight is 486 g/mol. The normalized spacial score (nSPS) is 18.4. The summed E-state index contributed by atoms with van der Waals surface area (Å²) in [4.78, 5) is 38.6. The molecule has 0 amide bonds. The third kappa shape index (κ3) is 5.49. The summed E-state index contributed by atoms with van der Waals surface area (Å²) in [5.41, 5.74) is 0.0256. The van der Waals surface area contributed by atoms with Crippen molar-refractivity contribution in [1.82, 2.24) is 25.3 Å². The highest BCUT2D eigenvalue weighted by molar-refractivity contribution is 5.50. The van der Waals surface area contributed by atoms with Crippen molar-refractivity contribution in [3.8, 4) is 0 Å². The van der Waals surface area contributed by atoms with E-state index in [1.807, 2.05) is 13.8 Å². The molecule has 1 fully saturated rings. The molecule has 0 radical (unpaired) electrons. The maximum Gasteiger partial charge on any atom is 0.272 e. The first-order valence-corrected chi connectivity index (χ1v) is 11.7. The lowest BCUT2D eigenvalue weighted by Crippen LogP contribution is -2.46. The molecule has 0 aliphatic carbocycles. The molecule has 0 spiro atoms. The van der Waals surface area contributed by atoms with E-state index in [1.165, 1.54) is 6.08 Å². The number of rotatable bonds is 6. The fourth-order valence-electron chi connectivity index (χ4n) is 4.27. The summed E-state index contributed by atoms with van der Waals surface area (Å²) < 4.78 is 33.1. The summed E-state index contributed by atoms with van der Waals surface area (Å²) in [6.45, 7) is 8.15. The van der Waals surface area contributed by atoms with E-state index in [9.17, 15) is 18.4 Å². The Hall–Kier alpha value is -3.37. The van der Waals surface area contributed by atoms with Crippen molar-refractivity contribution in [2.75, 3.05) is 19.8 Å². The second-order valence-corrected chi connectivity index (χ2v) is 8.92. The molecule has 2 aromatic heterocycles. The Morgan fingerprint density at radius 1 is 1.11 bits per heavy atom. The van der Waals surface area contributed by atoms with E-state index in [0.29, 0.717) is 18.9 Å². The summed E-state index contributed by atoms with van der Waals surface area (Å²) in [6.07, 6.45) is 3.46. The van der Waals surface area contributed by atoms with Crippen LogP contribution in [0, 0.1) is 11.6 Å². The van der Waals surface area contributed by atoms with Crippen molar-refractivity contribution >= 4 is 12.2 Å². The zero-order valence-electron chi connectivity index (χ0n) is 19.9. The van der Waals surface area contributed by atoms with Crippen LogP contribution in [0.4, 0.5) is 8.78 Å². The monoisotopic (exact) mass is 485 g/mol. The number of benzene rings is 1. The molecule has 2 atom stereocenters. The number of morpholine rings is 1. The Morgan fingerprint density at radius 2 is 1.83 bits per heavy atom. The molecule has 1 saturated heterocycles. The lowest BCUT2D eigenvalue weighted by Gasteiger charge is -2.29. The predicted octanol–water partition coefficient (Wildman–Crippen LogP) is 1.33. The third-order valence-electron chi connectivity index (χ3n) is 6.11. The summed E-state index contributed by atoms with van der Waals surface area (Å²) >= 11 is 0. The van der Waals surface area contributed by atoms with Crippen LogP contribution in [-0.2, 0) is 4.74 Å². The van der Waals surface area contributed by atoms with Gasteiger partial charge in [0.1, 0.15) is 28.2 Å². The van der Waals surface area contributed by atoms with E-state index < -0.39 is 22.8 Å². The molecular formula is C25H29F2N5O3. The van der Waals surface area contributed by atoms with E-state index >= 15 is 0 Å². The number of halogens is 2. The van der Waals surface area contributed by atoms with Crippen LogP contribution < -0.4 is 27.1 Å². The van der Waals surface area contributed by atoms with Gasteiger partial charge in [-0.15, -0.1) is 0 Å². The van der Waals surface area contributed by atoms with Crippen molar-refractivity contribution in [1.29, 1.82) is 0 Å². The van der Waals surface area contributed by atoms with Crippen LogP contribution in [0.1, 0.15) is 61.8 Å². The molecule has 1 aromatic carbocycles. The Kier molecular flexibility index (Phi) is 7.42. The zero-order chi connectivity index (χ0) is 25.1. The van der Waals surface area contributed by atoms with Crippen molar-refractivity contribution in [3.05, 3.63) is 84.0 Å². The van der Waals surface area contributed by atoms with Crippen LogP contribution in [-0.4, -0.2) is 45.7 Å². The first-order valence-electron chi connectivity index (χ1n) is 11.7. The van der Waals surface area contributed by atoms with Crippen LogP contribution in [0.3, 0.4) is 0 Å². The van der Waals surface area contributed by atoms with Crippen LogP contribution >= 0.6 is 0 Å². The number of aromatic amines is 3. The van der Waals surface area contributed by atoms with Gasteiger partial charge in [0.05, 0.1) is 18.9 Å². The van der Waals surface area contributed by atoms with Gasteiger partial charge in [0.25, 0.3) is 11.1 Å². The highest BCUT2D eigenvalue weighted by Crippen LogP contribution is 2.26. The fraction of sp³-hybridized carbons (Fsp3) is 0.400. The quantitative estimate of drug-likeness (QED) is 0.421. The van der Waals surface area contributed by atoms with E-state index in [2.05, 4.69) is 27.2 Å². The van der Waals surface area contributed by atoms with Gasteiger partial charge in [-0.05, 0) is 42.7 Å². The molecule has 0 saturated carbocycles. The highest BCUT2D eigenvalue weighted by atomic mass is 19.1. The number of ether oxygens (including phenoxy) is 1. The van der Waals surface area contributed by atoms with E-state index in [1.54, 1.807) is 0 Å². The summed E-state index contributed by atoms with van der Waals surface area (Å²) in [5, 5.41) is 3.31. The molecule has 186 valence electrons. The van der Waals surface area contributed by atoms with Gasteiger partial charge in [-0.2, -0.15) is 0 Å². The first-order chi connectivity index (χ1) is 16.8. The Bertz CT molecular complexity index is 1430. The minimum atomic E-state index is -0.712. The molecule has 4 N–H and O–H groups in total. The topological polar surface area (TPSA) is 116 Å². The van der Waals surface area contributed by atoms with Crippen molar-refractivity contribution in [2.24, 2.45) is 0 Å². The fourth-order valence-corrected chi connectivity index (χ4v) is 4.27. The van der Waals surface area contributed by atoms with Crippen molar-refractivity contribution in [3.63, 3.8) is 0 Å². The Labute approximate surface area is 200 Å². The number of nitrogens with zero attached hydrogens (tertiary/aromatic N) is 1. The lowest BCUT2D eigenvalue weighted by molar-refractivity contribution is 0.0664. The minimum absolute atomic E-state index is 0.0130. The van der Waals surface area contributed by atoms with Crippen LogP contribution in [0.25, 0.3) is 12.2 Å². The standard InChI is InChI=1S/C25H29F2N5O3/c1-4-16(21-12-35-8-7-28-21)23-29-18(22(32-23)13(2)3)11-20-25(34)30-19(24(33)31-20)10-14-9-15(26)5-6-17(14)27/h5-6,9-11,13,16,21,28H,4,7-8,12H2,1-3H3,(H,29,32)(H,30,34)(H,31,33)/b19-10-,20-11-. The van der Waals surface area contributed by atoms with E-state index in [4.69, 9.17) is 9.72 Å². The van der Waals surface area contributed by atoms with Gasteiger partial charge in [0.2, 0.25) is 0 Å². The second kappa shape index (κ2) is 10.5. The van der Waals surface area contributed by atoms with Crippen molar-refractivity contribution in [2.45, 2.75) is 45.1 Å².